The van der Waals surface area contributed by atoms with E-state index >= 15 is 0 Å². The van der Waals surface area contributed by atoms with Crippen LogP contribution >= 0.6 is 24.0 Å². The van der Waals surface area contributed by atoms with Crippen molar-refractivity contribution in [2.24, 2.45) is 10.9 Å². The van der Waals surface area contributed by atoms with Crippen molar-refractivity contribution < 1.29 is 0 Å². The quantitative estimate of drug-likeness (QED) is 0.388. The van der Waals surface area contributed by atoms with Gasteiger partial charge in [-0.1, -0.05) is 6.07 Å². The smallest absolute Gasteiger partial charge is 0.191 e. The molecule has 0 radical (unpaired) electrons. The largest absolute Gasteiger partial charge is 0.357 e. The van der Waals surface area contributed by atoms with Gasteiger partial charge in [0.1, 0.15) is 5.82 Å². The number of pyridine rings is 1. The summed E-state index contributed by atoms with van der Waals surface area (Å²) in [5.41, 5.74) is 1.15. The highest BCUT2D eigenvalue weighted by Gasteiger charge is 2.21. The predicted molar refractivity (Wildman–Crippen MR) is 115 cm³/mol. The molecule has 0 amide bonds. The standard InChI is InChI=1S/C18H30N6.HI/c1-3-19-18(21-12-15-4-5-15)22-14-16-6-7-17(20-13-16)24-10-8-23(2)9-11-24;/h6-7,13,15H,3-5,8-12,14H2,1-2H3,(H2,19,21,22);1H. The van der Waals surface area contributed by atoms with Crippen molar-refractivity contribution in [3.63, 3.8) is 0 Å². The summed E-state index contributed by atoms with van der Waals surface area (Å²) in [5, 5.41) is 6.73. The van der Waals surface area contributed by atoms with Crippen LogP contribution in [0.15, 0.2) is 23.3 Å². The molecular weight excluding hydrogens is 427 g/mol. The Morgan fingerprint density at radius 1 is 1.20 bits per heavy atom. The Labute approximate surface area is 168 Å². The monoisotopic (exact) mass is 458 g/mol. The molecule has 2 heterocycles. The van der Waals surface area contributed by atoms with E-state index < -0.39 is 0 Å². The molecule has 1 aliphatic heterocycles. The average Bonchev–Trinajstić information content (AvgIpc) is 3.43. The number of aliphatic imine (C=N–C) groups is 1. The third-order valence-electron chi connectivity index (χ3n) is 4.66. The Bertz CT molecular complexity index is 535. The highest BCUT2D eigenvalue weighted by Crippen LogP contribution is 2.27. The molecule has 2 aliphatic rings. The maximum Gasteiger partial charge on any atom is 0.191 e. The lowest BCUT2D eigenvalue weighted by molar-refractivity contribution is 0.312. The molecule has 1 aromatic heterocycles. The number of nitrogens with one attached hydrogen (secondary N) is 2. The van der Waals surface area contributed by atoms with E-state index in [1.165, 1.54) is 12.8 Å². The number of halogens is 1. The zero-order chi connectivity index (χ0) is 16.8. The number of aromatic nitrogens is 1. The van der Waals surface area contributed by atoms with Crippen LogP contribution in [0.5, 0.6) is 0 Å². The number of piperazine rings is 1. The maximum atomic E-state index is 4.67. The van der Waals surface area contributed by atoms with Gasteiger partial charge in [0, 0.05) is 45.5 Å². The number of hydrogen-bond acceptors (Lipinski definition) is 4. The lowest BCUT2D eigenvalue weighted by Crippen LogP contribution is -2.44. The zero-order valence-corrected chi connectivity index (χ0v) is 17.7. The van der Waals surface area contributed by atoms with Gasteiger partial charge in [-0.05, 0) is 44.4 Å². The Morgan fingerprint density at radius 3 is 2.56 bits per heavy atom. The van der Waals surface area contributed by atoms with Crippen LogP contribution in [0.1, 0.15) is 25.3 Å². The molecule has 7 heteroatoms. The fourth-order valence-electron chi connectivity index (χ4n) is 2.81. The topological polar surface area (TPSA) is 55.8 Å². The molecule has 2 fully saturated rings. The SMILES string of the molecule is CCNC(=NCc1ccc(N2CCN(C)CC2)nc1)NCC1CC1.I. The minimum Gasteiger partial charge on any atom is -0.357 e. The average molecular weight is 458 g/mol. The molecule has 2 N–H and O–H groups in total. The summed E-state index contributed by atoms with van der Waals surface area (Å²) < 4.78 is 0. The summed E-state index contributed by atoms with van der Waals surface area (Å²) in [5.74, 6) is 2.83. The Morgan fingerprint density at radius 2 is 1.96 bits per heavy atom. The van der Waals surface area contributed by atoms with Gasteiger partial charge in [0.25, 0.3) is 0 Å². The lowest BCUT2D eigenvalue weighted by Gasteiger charge is -2.33. The van der Waals surface area contributed by atoms with Crippen LogP contribution in [-0.4, -0.2) is 62.2 Å². The summed E-state index contributed by atoms with van der Waals surface area (Å²) in [6.45, 7) is 8.99. The van der Waals surface area contributed by atoms with Crippen molar-refractivity contribution >= 4 is 35.8 Å². The molecular formula is C18H31IN6. The van der Waals surface area contributed by atoms with Crippen molar-refractivity contribution in [2.45, 2.75) is 26.3 Å². The molecule has 1 saturated carbocycles. The van der Waals surface area contributed by atoms with E-state index in [-0.39, 0.29) is 24.0 Å². The fraction of sp³-hybridized carbons (Fsp3) is 0.667. The number of hydrogen-bond donors (Lipinski definition) is 2. The normalized spacial score (nSPS) is 18.6. The summed E-state index contributed by atoms with van der Waals surface area (Å²) >= 11 is 0. The van der Waals surface area contributed by atoms with Gasteiger partial charge in [-0.15, -0.1) is 24.0 Å². The molecule has 25 heavy (non-hydrogen) atoms. The van der Waals surface area contributed by atoms with E-state index in [2.05, 4.69) is 56.5 Å². The second-order valence-corrected chi connectivity index (χ2v) is 6.83. The van der Waals surface area contributed by atoms with Gasteiger partial charge >= 0.3 is 0 Å². The van der Waals surface area contributed by atoms with Gasteiger partial charge < -0.3 is 20.4 Å². The van der Waals surface area contributed by atoms with Crippen molar-refractivity contribution in [1.29, 1.82) is 0 Å². The fourth-order valence-corrected chi connectivity index (χ4v) is 2.81. The first-order valence-electron chi connectivity index (χ1n) is 9.15. The Kier molecular flexibility index (Phi) is 8.21. The number of likely N-dealkylation sites (N-methyl/N-ethyl adjacent to an activating group) is 1. The van der Waals surface area contributed by atoms with Crippen LogP contribution < -0.4 is 15.5 Å². The summed E-state index contributed by atoms with van der Waals surface area (Å²) in [6.07, 6.45) is 4.66. The number of rotatable bonds is 6. The molecule has 3 rings (SSSR count). The van der Waals surface area contributed by atoms with Gasteiger partial charge in [0.15, 0.2) is 5.96 Å². The van der Waals surface area contributed by atoms with Gasteiger partial charge in [-0.2, -0.15) is 0 Å². The molecule has 1 aromatic rings. The molecule has 0 atom stereocenters. The second-order valence-electron chi connectivity index (χ2n) is 6.83. The third-order valence-corrected chi connectivity index (χ3v) is 4.66. The van der Waals surface area contributed by atoms with Crippen molar-refractivity contribution in [3.05, 3.63) is 23.9 Å². The van der Waals surface area contributed by atoms with Crippen LogP contribution in [0, 0.1) is 5.92 Å². The first-order valence-corrected chi connectivity index (χ1v) is 9.15. The van der Waals surface area contributed by atoms with Gasteiger partial charge in [0.05, 0.1) is 6.54 Å². The molecule has 140 valence electrons. The molecule has 1 saturated heterocycles. The van der Waals surface area contributed by atoms with Crippen LogP contribution in [0.25, 0.3) is 0 Å². The minimum atomic E-state index is 0. The van der Waals surface area contributed by atoms with Crippen LogP contribution in [0.2, 0.25) is 0 Å². The highest BCUT2D eigenvalue weighted by atomic mass is 127. The number of nitrogens with zero attached hydrogens (tertiary/aromatic N) is 4. The van der Waals surface area contributed by atoms with E-state index in [0.29, 0.717) is 6.54 Å². The van der Waals surface area contributed by atoms with E-state index in [1.54, 1.807) is 0 Å². The first kappa shape index (κ1) is 20.2. The Hall–Kier alpha value is -1.09. The summed E-state index contributed by atoms with van der Waals surface area (Å²) in [6, 6.07) is 4.27. The molecule has 1 aliphatic carbocycles. The lowest BCUT2D eigenvalue weighted by atomic mass is 10.2. The minimum absolute atomic E-state index is 0. The van der Waals surface area contributed by atoms with Crippen molar-refractivity contribution in [3.8, 4) is 0 Å². The van der Waals surface area contributed by atoms with Crippen LogP contribution in [-0.2, 0) is 6.54 Å². The second kappa shape index (κ2) is 10.2. The highest BCUT2D eigenvalue weighted by molar-refractivity contribution is 14.0. The molecule has 0 bridgehead atoms. The van der Waals surface area contributed by atoms with Crippen molar-refractivity contribution in [2.75, 3.05) is 51.2 Å². The van der Waals surface area contributed by atoms with Crippen LogP contribution in [0.3, 0.4) is 0 Å². The van der Waals surface area contributed by atoms with E-state index in [1.807, 2.05) is 6.20 Å². The molecule has 0 aromatic carbocycles. The van der Waals surface area contributed by atoms with E-state index in [9.17, 15) is 0 Å². The number of anilines is 1. The molecule has 6 nitrogen and oxygen atoms in total. The van der Waals surface area contributed by atoms with E-state index in [4.69, 9.17) is 0 Å². The molecule has 0 spiro atoms. The van der Waals surface area contributed by atoms with Gasteiger partial charge in [0.2, 0.25) is 0 Å². The Balaban J connectivity index is 0.00000225. The third kappa shape index (κ3) is 6.62. The van der Waals surface area contributed by atoms with E-state index in [0.717, 1.165) is 62.5 Å². The summed E-state index contributed by atoms with van der Waals surface area (Å²) in [7, 11) is 2.17. The maximum absolute atomic E-state index is 4.67. The summed E-state index contributed by atoms with van der Waals surface area (Å²) in [4.78, 5) is 14.0. The van der Waals surface area contributed by atoms with Gasteiger partial charge in [-0.3, -0.25) is 0 Å². The predicted octanol–water partition coefficient (Wildman–Crippen LogP) is 1.92. The zero-order valence-electron chi connectivity index (χ0n) is 15.4. The first-order chi connectivity index (χ1) is 11.7. The van der Waals surface area contributed by atoms with Crippen LogP contribution in [0.4, 0.5) is 5.82 Å². The van der Waals surface area contributed by atoms with Crippen molar-refractivity contribution in [1.82, 2.24) is 20.5 Å². The number of guanidine groups is 1. The molecule has 0 unspecified atom stereocenters. The van der Waals surface area contributed by atoms with Gasteiger partial charge in [-0.25, -0.2) is 9.98 Å².